The summed E-state index contributed by atoms with van der Waals surface area (Å²) in [5, 5.41) is 3.89. The van der Waals surface area contributed by atoms with Crippen molar-refractivity contribution in [2.75, 3.05) is 5.88 Å². The highest BCUT2D eigenvalue weighted by Gasteiger charge is 2.07. The molecule has 0 aliphatic heterocycles. The van der Waals surface area contributed by atoms with Crippen LogP contribution in [0.1, 0.15) is 11.5 Å². The Bertz CT molecular complexity index is 436. The molecule has 2 aromatic rings. The molecule has 0 saturated carbocycles. The number of rotatable bonds is 3. The predicted octanol–water partition coefficient (Wildman–Crippen LogP) is 2.83. The summed E-state index contributed by atoms with van der Waals surface area (Å²) in [6, 6.07) is 8.00. The molecular weight excluding hydrogens is 212 g/mol. The van der Waals surface area contributed by atoms with E-state index in [0.717, 1.165) is 5.56 Å². The van der Waals surface area contributed by atoms with Gasteiger partial charge in [0, 0.05) is 17.9 Å². The van der Waals surface area contributed by atoms with E-state index < -0.39 is 0 Å². The number of nitrogens with zero attached hydrogens (tertiary/aromatic N) is 2. The van der Waals surface area contributed by atoms with Gasteiger partial charge < -0.3 is 4.52 Å². The number of aromatic nitrogens is 2. The summed E-state index contributed by atoms with van der Waals surface area (Å²) in [7, 11) is 0. The van der Waals surface area contributed by atoms with Crippen LogP contribution in [0.5, 0.6) is 0 Å². The van der Waals surface area contributed by atoms with Crippen molar-refractivity contribution in [1.29, 1.82) is 0 Å². The SMILES string of the molecule is Cc1ccc(-c2noc(CCCl)n2)cc1. The average Bonchev–Trinajstić information content (AvgIpc) is 2.68. The number of halogens is 1. The first kappa shape index (κ1) is 10.2. The predicted molar refractivity (Wildman–Crippen MR) is 58.9 cm³/mol. The molecule has 0 radical (unpaired) electrons. The molecule has 78 valence electrons. The molecule has 15 heavy (non-hydrogen) atoms. The first-order chi connectivity index (χ1) is 7.29. The summed E-state index contributed by atoms with van der Waals surface area (Å²) in [4.78, 5) is 4.24. The summed E-state index contributed by atoms with van der Waals surface area (Å²) in [6.45, 7) is 2.04. The molecule has 2 rings (SSSR count). The minimum absolute atomic E-state index is 0.496. The molecule has 0 amide bonds. The zero-order valence-electron chi connectivity index (χ0n) is 8.40. The Kier molecular flexibility index (Phi) is 3.02. The molecule has 0 unspecified atom stereocenters. The van der Waals surface area contributed by atoms with Crippen LogP contribution in [0.15, 0.2) is 28.8 Å². The standard InChI is InChI=1S/C11H11ClN2O/c1-8-2-4-9(5-3-8)11-13-10(6-7-12)15-14-11/h2-5H,6-7H2,1H3. The van der Waals surface area contributed by atoms with E-state index in [1.54, 1.807) is 0 Å². The molecule has 1 aromatic heterocycles. The zero-order chi connectivity index (χ0) is 10.7. The van der Waals surface area contributed by atoms with Crippen LogP contribution in [0, 0.1) is 6.92 Å². The van der Waals surface area contributed by atoms with Crippen LogP contribution in [0.2, 0.25) is 0 Å². The highest BCUT2D eigenvalue weighted by atomic mass is 35.5. The molecule has 4 heteroatoms. The number of alkyl halides is 1. The third kappa shape index (κ3) is 2.36. The van der Waals surface area contributed by atoms with Crippen LogP contribution in [0.4, 0.5) is 0 Å². The highest BCUT2D eigenvalue weighted by Crippen LogP contribution is 2.16. The first-order valence-corrected chi connectivity index (χ1v) is 5.28. The van der Waals surface area contributed by atoms with Crippen molar-refractivity contribution in [1.82, 2.24) is 10.1 Å². The van der Waals surface area contributed by atoms with Crippen molar-refractivity contribution >= 4 is 11.6 Å². The zero-order valence-corrected chi connectivity index (χ0v) is 9.16. The Morgan fingerprint density at radius 3 is 2.67 bits per heavy atom. The molecule has 0 aliphatic rings. The van der Waals surface area contributed by atoms with Crippen molar-refractivity contribution in [3.8, 4) is 11.4 Å². The van der Waals surface area contributed by atoms with Crippen molar-refractivity contribution < 1.29 is 4.52 Å². The van der Waals surface area contributed by atoms with Gasteiger partial charge in [-0.15, -0.1) is 11.6 Å². The molecule has 3 nitrogen and oxygen atoms in total. The molecule has 0 spiro atoms. The van der Waals surface area contributed by atoms with E-state index in [1.807, 2.05) is 31.2 Å². The minimum Gasteiger partial charge on any atom is -0.339 e. The summed E-state index contributed by atoms with van der Waals surface area (Å²) in [5.74, 6) is 1.70. The van der Waals surface area contributed by atoms with Crippen molar-refractivity contribution in [2.45, 2.75) is 13.3 Å². The van der Waals surface area contributed by atoms with Gasteiger partial charge in [-0.05, 0) is 6.92 Å². The molecule has 0 bridgehead atoms. The molecule has 0 atom stereocenters. The highest BCUT2D eigenvalue weighted by molar-refractivity contribution is 6.17. The molecule has 0 fully saturated rings. The van der Waals surface area contributed by atoms with E-state index in [4.69, 9.17) is 16.1 Å². The molecule has 0 N–H and O–H groups in total. The van der Waals surface area contributed by atoms with E-state index in [-0.39, 0.29) is 0 Å². The second kappa shape index (κ2) is 4.45. The summed E-state index contributed by atoms with van der Waals surface area (Å²) in [6.07, 6.45) is 0.612. The number of hydrogen-bond donors (Lipinski definition) is 0. The monoisotopic (exact) mass is 222 g/mol. The van der Waals surface area contributed by atoms with E-state index in [0.29, 0.717) is 24.0 Å². The van der Waals surface area contributed by atoms with E-state index in [2.05, 4.69) is 10.1 Å². The number of hydrogen-bond acceptors (Lipinski definition) is 3. The van der Waals surface area contributed by atoms with Crippen LogP contribution in [-0.4, -0.2) is 16.0 Å². The Morgan fingerprint density at radius 2 is 2.00 bits per heavy atom. The molecular formula is C11H11ClN2O. The van der Waals surface area contributed by atoms with E-state index >= 15 is 0 Å². The van der Waals surface area contributed by atoms with Crippen LogP contribution in [0.3, 0.4) is 0 Å². The third-order valence-corrected chi connectivity index (χ3v) is 2.28. The quantitative estimate of drug-likeness (QED) is 0.750. The average molecular weight is 223 g/mol. The van der Waals surface area contributed by atoms with Gasteiger partial charge in [-0.1, -0.05) is 35.0 Å². The third-order valence-electron chi connectivity index (χ3n) is 2.09. The van der Waals surface area contributed by atoms with Gasteiger partial charge in [0.25, 0.3) is 0 Å². The molecule has 0 saturated heterocycles. The van der Waals surface area contributed by atoms with Crippen LogP contribution in [0.25, 0.3) is 11.4 Å². The minimum atomic E-state index is 0.496. The van der Waals surface area contributed by atoms with E-state index in [1.165, 1.54) is 5.56 Å². The molecule has 1 aromatic carbocycles. The maximum absolute atomic E-state index is 5.58. The Morgan fingerprint density at radius 1 is 1.27 bits per heavy atom. The second-order valence-electron chi connectivity index (χ2n) is 3.32. The Balaban J connectivity index is 2.25. The summed E-state index contributed by atoms with van der Waals surface area (Å²) in [5.41, 5.74) is 2.17. The topological polar surface area (TPSA) is 38.9 Å². The van der Waals surface area contributed by atoms with Gasteiger partial charge in [0.05, 0.1) is 0 Å². The van der Waals surface area contributed by atoms with Crippen LogP contribution >= 0.6 is 11.6 Å². The van der Waals surface area contributed by atoms with Gasteiger partial charge in [-0.25, -0.2) is 0 Å². The van der Waals surface area contributed by atoms with Gasteiger partial charge in [0.15, 0.2) is 0 Å². The van der Waals surface area contributed by atoms with Crippen LogP contribution in [-0.2, 0) is 6.42 Å². The normalized spacial score (nSPS) is 10.5. The van der Waals surface area contributed by atoms with Gasteiger partial charge in [0.2, 0.25) is 11.7 Å². The lowest BCUT2D eigenvalue weighted by Crippen LogP contribution is -1.86. The summed E-state index contributed by atoms with van der Waals surface area (Å²) >= 11 is 5.58. The fourth-order valence-corrected chi connectivity index (χ4v) is 1.42. The van der Waals surface area contributed by atoms with Crippen LogP contribution < -0.4 is 0 Å². The Hall–Kier alpha value is -1.35. The second-order valence-corrected chi connectivity index (χ2v) is 3.69. The summed E-state index contributed by atoms with van der Waals surface area (Å²) < 4.78 is 5.04. The number of aryl methyl sites for hydroxylation is 2. The van der Waals surface area contributed by atoms with E-state index in [9.17, 15) is 0 Å². The largest absolute Gasteiger partial charge is 0.339 e. The van der Waals surface area contributed by atoms with Crippen molar-refractivity contribution in [3.05, 3.63) is 35.7 Å². The lowest BCUT2D eigenvalue weighted by atomic mass is 10.1. The van der Waals surface area contributed by atoms with Crippen molar-refractivity contribution in [2.24, 2.45) is 0 Å². The maximum Gasteiger partial charge on any atom is 0.228 e. The lowest BCUT2D eigenvalue weighted by Gasteiger charge is -1.94. The van der Waals surface area contributed by atoms with Gasteiger partial charge in [-0.3, -0.25) is 0 Å². The fraction of sp³-hybridized carbons (Fsp3) is 0.273. The lowest BCUT2D eigenvalue weighted by molar-refractivity contribution is 0.383. The molecule has 0 aliphatic carbocycles. The fourth-order valence-electron chi connectivity index (χ4n) is 1.26. The molecule has 1 heterocycles. The van der Waals surface area contributed by atoms with Gasteiger partial charge >= 0.3 is 0 Å². The van der Waals surface area contributed by atoms with Gasteiger partial charge in [-0.2, -0.15) is 4.98 Å². The maximum atomic E-state index is 5.58. The number of benzene rings is 1. The smallest absolute Gasteiger partial charge is 0.228 e. The van der Waals surface area contributed by atoms with Crippen molar-refractivity contribution in [3.63, 3.8) is 0 Å². The first-order valence-electron chi connectivity index (χ1n) is 4.75. The Labute approximate surface area is 93.1 Å². The van der Waals surface area contributed by atoms with Gasteiger partial charge in [0.1, 0.15) is 0 Å².